The lowest BCUT2D eigenvalue weighted by Gasteiger charge is -2.27. The summed E-state index contributed by atoms with van der Waals surface area (Å²) in [5, 5.41) is 6.22. The van der Waals surface area contributed by atoms with Gasteiger partial charge in [-0.3, -0.25) is 14.5 Å². The maximum atomic E-state index is 12.0. The standard InChI is InChI=1S/C15H29N3O3/c1-3-10-18(13-7-9-16-11-13)12-14(19)17-8-5-6-15(20)21-4-2/h13,16H,3-12H2,1-2H3,(H,17,19). The van der Waals surface area contributed by atoms with Crippen LogP contribution in [-0.2, 0) is 14.3 Å². The highest BCUT2D eigenvalue weighted by atomic mass is 16.5. The quantitative estimate of drug-likeness (QED) is 0.454. The monoisotopic (exact) mass is 299 g/mol. The SMILES string of the molecule is CCCN(CC(=O)NCCCC(=O)OCC)C1CCNC1. The largest absolute Gasteiger partial charge is 0.466 e. The normalized spacial score (nSPS) is 18.0. The molecule has 2 N–H and O–H groups in total. The molecule has 21 heavy (non-hydrogen) atoms. The molecule has 122 valence electrons. The summed E-state index contributed by atoms with van der Waals surface area (Å²) >= 11 is 0. The number of esters is 1. The van der Waals surface area contributed by atoms with Crippen molar-refractivity contribution in [2.45, 2.75) is 45.6 Å². The van der Waals surface area contributed by atoms with E-state index >= 15 is 0 Å². The summed E-state index contributed by atoms with van der Waals surface area (Å²) in [5.41, 5.74) is 0. The van der Waals surface area contributed by atoms with Crippen LogP contribution in [0.3, 0.4) is 0 Å². The lowest BCUT2D eigenvalue weighted by atomic mass is 10.2. The fourth-order valence-electron chi connectivity index (χ4n) is 2.56. The van der Waals surface area contributed by atoms with Gasteiger partial charge in [0.1, 0.15) is 0 Å². The Morgan fingerprint density at radius 3 is 2.81 bits per heavy atom. The molecule has 1 heterocycles. The topological polar surface area (TPSA) is 70.7 Å². The highest BCUT2D eigenvalue weighted by molar-refractivity contribution is 5.78. The number of ether oxygens (including phenoxy) is 1. The first-order chi connectivity index (χ1) is 10.2. The summed E-state index contributed by atoms with van der Waals surface area (Å²) in [6.07, 6.45) is 3.14. The Morgan fingerprint density at radius 2 is 2.19 bits per heavy atom. The van der Waals surface area contributed by atoms with Gasteiger partial charge in [0.2, 0.25) is 5.91 Å². The van der Waals surface area contributed by atoms with Gasteiger partial charge in [0.15, 0.2) is 0 Å². The molecule has 1 amide bonds. The molecule has 0 bridgehead atoms. The summed E-state index contributed by atoms with van der Waals surface area (Å²) in [4.78, 5) is 25.4. The second-order valence-corrected chi connectivity index (χ2v) is 5.38. The second kappa shape index (κ2) is 10.6. The number of amides is 1. The summed E-state index contributed by atoms with van der Waals surface area (Å²) < 4.78 is 4.85. The molecule has 0 aliphatic carbocycles. The van der Waals surface area contributed by atoms with Crippen LogP contribution in [-0.4, -0.2) is 62.1 Å². The van der Waals surface area contributed by atoms with Crippen molar-refractivity contribution in [3.05, 3.63) is 0 Å². The van der Waals surface area contributed by atoms with E-state index in [2.05, 4.69) is 22.5 Å². The summed E-state index contributed by atoms with van der Waals surface area (Å²) in [6.45, 7) is 8.25. The van der Waals surface area contributed by atoms with Crippen molar-refractivity contribution < 1.29 is 14.3 Å². The number of hydrogen-bond donors (Lipinski definition) is 2. The second-order valence-electron chi connectivity index (χ2n) is 5.38. The van der Waals surface area contributed by atoms with Gasteiger partial charge in [0, 0.05) is 25.6 Å². The van der Waals surface area contributed by atoms with E-state index < -0.39 is 0 Å². The first-order valence-electron chi connectivity index (χ1n) is 8.04. The minimum absolute atomic E-state index is 0.0409. The van der Waals surface area contributed by atoms with Gasteiger partial charge in [0.25, 0.3) is 0 Å². The van der Waals surface area contributed by atoms with E-state index in [1.807, 2.05) is 0 Å². The van der Waals surface area contributed by atoms with E-state index in [9.17, 15) is 9.59 Å². The van der Waals surface area contributed by atoms with Crippen molar-refractivity contribution in [2.24, 2.45) is 0 Å². The maximum absolute atomic E-state index is 12.0. The van der Waals surface area contributed by atoms with Crippen LogP contribution in [0.2, 0.25) is 0 Å². The number of hydrogen-bond acceptors (Lipinski definition) is 5. The first-order valence-corrected chi connectivity index (χ1v) is 8.04. The van der Waals surface area contributed by atoms with E-state index in [0.29, 0.717) is 38.6 Å². The molecule has 0 aromatic heterocycles. The van der Waals surface area contributed by atoms with Gasteiger partial charge in [-0.1, -0.05) is 6.92 Å². The molecule has 0 saturated carbocycles. The molecule has 1 aliphatic rings. The number of rotatable bonds is 10. The zero-order valence-electron chi connectivity index (χ0n) is 13.3. The fraction of sp³-hybridized carbons (Fsp3) is 0.867. The molecule has 1 atom stereocenters. The van der Waals surface area contributed by atoms with Crippen molar-refractivity contribution in [3.8, 4) is 0 Å². The van der Waals surface area contributed by atoms with Crippen molar-refractivity contribution in [3.63, 3.8) is 0 Å². The van der Waals surface area contributed by atoms with Gasteiger partial charge in [-0.05, 0) is 39.3 Å². The van der Waals surface area contributed by atoms with Crippen molar-refractivity contribution in [2.75, 3.05) is 39.3 Å². The third-order valence-electron chi connectivity index (χ3n) is 3.59. The van der Waals surface area contributed by atoms with Gasteiger partial charge in [-0.25, -0.2) is 0 Å². The predicted molar refractivity (Wildman–Crippen MR) is 82.0 cm³/mol. The van der Waals surface area contributed by atoms with E-state index in [4.69, 9.17) is 4.74 Å². The van der Waals surface area contributed by atoms with Crippen LogP contribution < -0.4 is 10.6 Å². The zero-order chi connectivity index (χ0) is 15.5. The lowest BCUT2D eigenvalue weighted by Crippen LogP contribution is -2.44. The Balaban J connectivity index is 2.19. The minimum Gasteiger partial charge on any atom is -0.466 e. The molecule has 0 radical (unpaired) electrons. The Morgan fingerprint density at radius 1 is 1.38 bits per heavy atom. The van der Waals surface area contributed by atoms with Crippen molar-refractivity contribution >= 4 is 11.9 Å². The third-order valence-corrected chi connectivity index (χ3v) is 3.59. The van der Waals surface area contributed by atoms with Gasteiger partial charge < -0.3 is 15.4 Å². The Hall–Kier alpha value is -1.14. The molecule has 0 aromatic carbocycles. The van der Waals surface area contributed by atoms with Gasteiger partial charge >= 0.3 is 5.97 Å². The summed E-state index contributed by atoms with van der Waals surface area (Å²) in [6, 6.07) is 0.468. The van der Waals surface area contributed by atoms with Crippen LogP contribution >= 0.6 is 0 Å². The van der Waals surface area contributed by atoms with Crippen LogP contribution in [0.5, 0.6) is 0 Å². The summed E-state index contributed by atoms with van der Waals surface area (Å²) in [5.74, 6) is -0.157. The van der Waals surface area contributed by atoms with E-state index in [-0.39, 0.29) is 11.9 Å². The van der Waals surface area contributed by atoms with Gasteiger partial charge in [-0.2, -0.15) is 0 Å². The number of carbonyl (C=O) groups is 2. The average Bonchev–Trinajstić information content (AvgIpc) is 2.97. The first kappa shape index (κ1) is 17.9. The van der Waals surface area contributed by atoms with Crippen LogP contribution in [0.4, 0.5) is 0 Å². The molecule has 1 fully saturated rings. The molecule has 0 aromatic rings. The predicted octanol–water partition coefficient (Wildman–Crippen LogP) is 0.520. The third kappa shape index (κ3) is 7.43. The Labute approximate surface area is 127 Å². The van der Waals surface area contributed by atoms with Crippen LogP contribution in [0.25, 0.3) is 0 Å². The molecule has 1 rings (SSSR count). The molecule has 1 saturated heterocycles. The highest BCUT2D eigenvalue weighted by Crippen LogP contribution is 2.08. The fourth-order valence-corrected chi connectivity index (χ4v) is 2.56. The maximum Gasteiger partial charge on any atom is 0.305 e. The molecular weight excluding hydrogens is 270 g/mol. The summed E-state index contributed by atoms with van der Waals surface area (Å²) in [7, 11) is 0. The number of carbonyl (C=O) groups excluding carboxylic acids is 2. The molecule has 6 nitrogen and oxygen atoms in total. The molecule has 6 heteroatoms. The molecule has 1 unspecified atom stereocenters. The molecule has 1 aliphatic heterocycles. The van der Waals surface area contributed by atoms with Crippen molar-refractivity contribution in [1.29, 1.82) is 0 Å². The molecular formula is C15H29N3O3. The van der Waals surface area contributed by atoms with Crippen molar-refractivity contribution in [1.82, 2.24) is 15.5 Å². The van der Waals surface area contributed by atoms with E-state index in [1.165, 1.54) is 0 Å². The van der Waals surface area contributed by atoms with E-state index in [0.717, 1.165) is 32.5 Å². The highest BCUT2D eigenvalue weighted by Gasteiger charge is 2.23. The van der Waals surface area contributed by atoms with Crippen LogP contribution in [0.15, 0.2) is 0 Å². The number of nitrogens with one attached hydrogen (secondary N) is 2. The Bertz CT molecular complexity index is 317. The average molecular weight is 299 g/mol. The van der Waals surface area contributed by atoms with Gasteiger partial charge in [0.05, 0.1) is 13.2 Å². The lowest BCUT2D eigenvalue weighted by molar-refractivity contribution is -0.143. The number of nitrogens with zero attached hydrogens (tertiary/aromatic N) is 1. The molecule has 0 spiro atoms. The minimum atomic E-state index is -0.198. The zero-order valence-corrected chi connectivity index (χ0v) is 13.3. The van der Waals surface area contributed by atoms with E-state index in [1.54, 1.807) is 6.92 Å². The van der Waals surface area contributed by atoms with Crippen LogP contribution in [0, 0.1) is 0 Å². The smallest absolute Gasteiger partial charge is 0.305 e. The Kier molecular flexibility index (Phi) is 9.01. The van der Waals surface area contributed by atoms with Gasteiger partial charge in [-0.15, -0.1) is 0 Å². The van der Waals surface area contributed by atoms with Crippen LogP contribution in [0.1, 0.15) is 39.5 Å².